The summed E-state index contributed by atoms with van der Waals surface area (Å²) in [6.45, 7) is 0. The summed E-state index contributed by atoms with van der Waals surface area (Å²) in [5.41, 5.74) is -1.86. The van der Waals surface area contributed by atoms with Crippen LogP contribution in [0.3, 0.4) is 0 Å². The van der Waals surface area contributed by atoms with Crippen molar-refractivity contribution in [3.8, 4) is 0 Å². The van der Waals surface area contributed by atoms with Crippen LogP contribution in [0.25, 0.3) is 11.2 Å². The lowest BCUT2D eigenvalue weighted by atomic mass is 9.86. The Hall–Kier alpha value is 19.1. The maximum atomic E-state index is 15.4. The topological polar surface area (TPSA) is 306 Å². The van der Waals surface area contributed by atoms with Gasteiger partial charge >= 0.3 is 23.5 Å². The molecule has 0 aromatic carbocycles. The normalized spacial score (nSPS) is 25.3. The van der Waals surface area contributed by atoms with E-state index in [1.807, 2.05) is 340 Å². The number of phosphoric acid groups is 3. The number of phosphoric ester groups is 3. The van der Waals surface area contributed by atoms with Gasteiger partial charge in [-0.15, -0.1) is 12.6 Å². The molecular formula is C21H7I29N7O16P3S. The summed E-state index contributed by atoms with van der Waals surface area (Å²) in [6.07, 6.45) is 0. The molecule has 446 valence electrons. The molecule has 7 atom stereocenters. The van der Waals surface area contributed by atoms with E-state index in [1.165, 1.54) is 143 Å². The number of hydrogen-bond donors (Lipinski definition) is 7. The zero-order chi connectivity index (χ0) is 61.5. The van der Waals surface area contributed by atoms with E-state index in [0.717, 1.165) is 3.11 Å². The van der Waals surface area contributed by atoms with E-state index < -0.39 is 66.3 Å². The first-order valence-corrected chi connectivity index (χ1v) is 52.2. The predicted octanol–water partition coefficient (Wildman–Crippen LogP) is 19.9. The number of nitrogens with zero attached hydrogens (tertiary/aromatic N) is 7. The number of ether oxygens (including phenoxy) is 1. The number of imidazole rings is 1. The highest BCUT2D eigenvalue weighted by Gasteiger charge is 2.87. The van der Waals surface area contributed by atoms with Crippen molar-refractivity contribution in [1.29, 1.82) is 0 Å². The third kappa shape index (κ3) is 18.8. The molecule has 0 bridgehead atoms. The molecule has 23 nitrogen and oxygen atoms in total. The van der Waals surface area contributed by atoms with Crippen LogP contribution in [-0.4, -0.2) is 89.2 Å². The quantitative estimate of drug-likeness (QED) is 0.00893. The lowest BCUT2D eigenvalue weighted by Crippen LogP contribution is -2.72. The zero-order valence-electron chi connectivity index (χ0n) is 33.1. The fourth-order valence-corrected chi connectivity index (χ4v) is 55.7. The summed E-state index contributed by atoms with van der Waals surface area (Å²) in [5, 5.41) is 26.0. The number of hydrogen-bond acceptors (Lipinski definition) is 17. The van der Waals surface area contributed by atoms with Crippen molar-refractivity contribution in [2.24, 2.45) is 5.41 Å². The third-order valence-corrected chi connectivity index (χ3v) is 62.1. The molecule has 2 aromatic heterocycles. The number of anilines is 1. The van der Waals surface area contributed by atoms with Crippen LogP contribution in [-0.2, 0) is 49.6 Å². The smallest absolute Gasteiger partial charge is 0.371 e. The van der Waals surface area contributed by atoms with Gasteiger partial charge in [-0.3, -0.25) is 34.0 Å². The standard InChI is InChI=1S/C21H7I29N7O16P3S/c22-6-52-2-1(3(53-6)57(49)50)51-7(23)54(2)21(46)11(27,61)12(28,70-74(62,63)64)13(29,69-21)19(42,43)72-76(67,68)73-75(65,66)71-18(40,41)10(14(30,31)32,15(33,34)35)9(26,60)5(59)56(48)16(36,37)8(24,25)4(58)55(47)17(38,39)20(44,45)77/h60-61,77H,(H,65,66)(H,67,68)(H2,62,63,64)/t9-,11+,12-,13-,21-/m0/s1. The number of carbonyl (C=O) groups excluding carboxylic acids is 2. The zero-order valence-corrected chi connectivity index (χ0v) is 99.3. The Morgan fingerprint density at radius 1 is 0.675 bits per heavy atom. The predicted molar refractivity (Wildman–Crippen MR) is 539 cm³/mol. The highest BCUT2D eigenvalue weighted by molar-refractivity contribution is 14.3. The van der Waals surface area contributed by atoms with Crippen molar-refractivity contribution < 1.29 is 75.7 Å². The average molecular weight is 4420 g/mol. The molecule has 2 aromatic rings. The number of halogens is 29. The summed E-state index contributed by atoms with van der Waals surface area (Å²) < 4.78 is 51.3. The van der Waals surface area contributed by atoms with E-state index in [-0.39, 0.29) is 18.8 Å². The Kier molecular flexibility index (Phi) is 37.5. The first-order valence-electron chi connectivity index (χ1n) is 16.4. The van der Waals surface area contributed by atoms with Crippen molar-refractivity contribution in [1.82, 2.24) is 25.7 Å². The van der Waals surface area contributed by atoms with Gasteiger partial charge in [-0.05, 0) is 294 Å². The van der Waals surface area contributed by atoms with E-state index in [9.17, 15) is 48.3 Å². The van der Waals surface area contributed by atoms with E-state index in [2.05, 4.69) is 105 Å². The van der Waals surface area contributed by atoms with Gasteiger partial charge in [0.05, 0.1) is 91.5 Å². The molecule has 2 unspecified atom stereocenters. The van der Waals surface area contributed by atoms with Crippen molar-refractivity contribution in [3.63, 3.8) is 0 Å². The van der Waals surface area contributed by atoms with Crippen LogP contribution in [0.1, 0.15) is 0 Å². The third-order valence-electron chi connectivity index (χ3n) is 8.60. The van der Waals surface area contributed by atoms with Crippen molar-refractivity contribution >= 4 is 721 Å². The fraction of sp³-hybridized carbons (Fsp3) is 0.667. The summed E-state index contributed by atoms with van der Waals surface area (Å²) >= 11 is 57.4. The van der Waals surface area contributed by atoms with Gasteiger partial charge in [0.15, 0.2) is 31.6 Å². The van der Waals surface area contributed by atoms with Crippen LogP contribution in [0.4, 0.5) is 5.82 Å². The summed E-state index contributed by atoms with van der Waals surface area (Å²) in [4.78, 5) is 87.8. The van der Waals surface area contributed by atoms with Crippen molar-refractivity contribution in [3.05, 3.63) is 7.66 Å². The van der Waals surface area contributed by atoms with E-state index in [4.69, 9.17) is 35.2 Å². The summed E-state index contributed by atoms with van der Waals surface area (Å²) in [7, 11) is -17.8. The lowest BCUT2D eigenvalue weighted by Gasteiger charge is -2.58. The minimum Gasteiger partial charge on any atom is -0.371 e. The molecule has 0 saturated carbocycles. The second-order valence-corrected chi connectivity index (χ2v) is 88.4. The van der Waals surface area contributed by atoms with E-state index in [0.29, 0.717) is 5.82 Å². The van der Waals surface area contributed by atoms with Gasteiger partial charge < -0.3 is 34.5 Å². The number of fused-ring (bicyclic) bond motifs is 1. The van der Waals surface area contributed by atoms with Crippen LogP contribution in [0, 0.1) is 13.1 Å². The maximum Gasteiger partial charge on any atom is 0.483 e. The molecule has 77 heavy (non-hydrogen) atoms. The van der Waals surface area contributed by atoms with Crippen LogP contribution >= 0.6 is 692 Å². The molecule has 0 spiro atoms. The number of amides is 2. The first kappa shape index (κ1) is 90.3. The minimum atomic E-state index is -6.06. The molecule has 0 radical (unpaired) electrons. The Labute approximate surface area is 838 Å². The van der Waals surface area contributed by atoms with Gasteiger partial charge in [0, 0.05) is 45.2 Å². The Morgan fingerprint density at radius 3 is 1.51 bits per heavy atom. The van der Waals surface area contributed by atoms with Crippen LogP contribution < -0.4 is 1.33 Å². The largest absolute Gasteiger partial charge is 0.483 e. The number of carbonyl (C=O) groups is 2. The van der Waals surface area contributed by atoms with E-state index in [1.54, 1.807) is 92.0 Å². The number of rotatable bonds is 21. The second-order valence-electron chi connectivity index (χ2n) is 13.5. The Morgan fingerprint density at radius 2 is 1.10 bits per heavy atom. The molecule has 0 aliphatic carbocycles. The number of alkyl halides is 23. The van der Waals surface area contributed by atoms with Crippen LogP contribution in [0.2, 0.25) is 0 Å². The van der Waals surface area contributed by atoms with Gasteiger partial charge in [-0.2, -0.15) is 4.31 Å². The SMILES string of the molecule is O=C(N(I)C(I)(I)C(S)(I)I)C(I)(I)C(I)(I)N(I)C(=O)[C@@](O)(I)C(C(I)(I)I)(C(I)(I)I)C(I)(I)OP(=O)(O)OP(=O)(O)OC(I)(I)[C@@]1(I)O[C@@](I)(n2c(I)nc3c(N(I)I)nc(I)nc32)[C@@](O)(I)[C@]1(I)OP(=O)(O)O. The monoisotopic (exact) mass is 4420 g/mol. The van der Waals surface area contributed by atoms with E-state index >= 15 is 4.79 Å². The van der Waals surface area contributed by atoms with Crippen molar-refractivity contribution in [2.45, 2.75) is 25.6 Å². The molecule has 1 fully saturated rings. The molecule has 3 rings (SSSR count). The Bertz CT molecular complexity index is 2810. The van der Waals surface area contributed by atoms with Gasteiger partial charge in [0.2, 0.25) is 19.8 Å². The fourth-order valence-electron chi connectivity index (χ4n) is 5.40. The molecular weight excluding hydrogens is 4410 g/mol. The molecule has 1 aliphatic heterocycles. The molecule has 56 heteroatoms. The first-order chi connectivity index (χ1) is 33.4. The van der Waals surface area contributed by atoms with Gasteiger partial charge in [0.25, 0.3) is 11.8 Å². The van der Waals surface area contributed by atoms with Gasteiger partial charge in [-0.1, -0.05) is 226 Å². The number of thiol groups is 1. The molecule has 1 aliphatic rings. The molecule has 2 amide bonds. The van der Waals surface area contributed by atoms with Crippen LogP contribution in [0.15, 0.2) is 0 Å². The highest BCUT2D eigenvalue weighted by Crippen LogP contribution is 2.82. The van der Waals surface area contributed by atoms with Crippen molar-refractivity contribution in [2.75, 3.05) is 1.33 Å². The number of aromatic nitrogens is 4. The Balaban J connectivity index is 2.24. The summed E-state index contributed by atoms with van der Waals surface area (Å²) in [5.74, 6) is -1.11. The van der Waals surface area contributed by atoms with Crippen LogP contribution in [0.5, 0.6) is 0 Å². The average Bonchev–Trinajstić information content (AvgIpc) is 3.55. The highest BCUT2D eigenvalue weighted by atomic mass is 127. The lowest BCUT2D eigenvalue weighted by molar-refractivity contribution is -0.145. The van der Waals surface area contributed by atoms with Gasteiger partial charge in [-0.25, -0.2) is 30.0 Å². The van der Waals surface area contributed by atoms with Gasteiger partial charge in [0.1, 0.15) is 4.29 Å². The maximum absolute atomic E-state index is 15.4. The minimum absolute atomic E-state index is 0.0663. The number of aliphatic hydroxyl groups is 2. The molecule has 6 N–H and O–H groups in total. The second kappa shape index (κ2) is 32.0. The molecule has 1 saturated heterocycles. The molecule has 3 heterocycles. The summed E-state index contributed by atoms with van der Waals surface area (Å²) in [6, 6.07) is 0.